The van der Waals surface area contributed by atoms with E-state index in [0.717, 1.165) is 16.5 Å². The Morgan fingerprint density at radius 2 is 1.71 bits per heavy atom. The summed E-state index contributed by atoms with van der Waals surface area (Å²) in [4.78, 5) is 17.0. The molecule has 0 saturated heterocycles. The molecule has 122 valence electrons. The Labute approximate surface area is 139 Å². The van der Waals surface area contributed by atoms with Crippen LogP contribution < -0.4 is 15.2 Å². The van der Waals surface area contributed by atoms with Crippen LogP contribution in [0.15, 0.2) is 47.3 Å². The number of hydrogen-bond acceptors (Lipinski definition) is 4. The van der Waals surface area contributed by atoms with E-state index in [2.05, 4.69) is 4.98 Å². The Balaban J connectivity index is 2.10. The lowest BCUT2D eigenvalue weighted by molar-refractivity contribution is 0.172. The number of aromatic nitrogens is 2. The first-order valence-corrected chi connectivity index (χ1v) is 8.06. The van der Waals surface area contributed by atoms with Gasteiger partial charge in [-0.25, -0.2) is 4.79 Å². The SMILES string of the molecule is CC(C)n1c(=O)nc(-c2ccccc2)c2cc3c(cc21)OCCO3. The Bertz CT molecular complexity index is 962. The van der Waals surface area contributed by atoms with Gasteiger partial charge in [-0.15, -0.1) is 0 Å². The monoisotopic (exact) mass is 322 g/mol. The predicted octanol–water partition coefficient (Wildman–Crippen LogP) is 3.42. The lowest BCUT2D eigenvalue weighted by atomic mass is 10.1. The minimum Gasteiger partial charge on any atom is -0.486 e. The molecule has 0 N–H and O–H groups in total. The fraction of sp³-hybridized carbons (Fsp3) is 0.263. The molecule has 0 atom stereocenters. The van der Waals surface area contributed by atoms with Crippen molar-refractivity contribution in [3.8, 4) is 22.8 Å². The summed E-state index contributed by atoms with van der Waals surface area (Å²) in [7, 11) is 0. The molecule has 0 aliphatic carbocycles. The molecule has 2 heterocycles. The zero-order chi connectivity index (χ0) is 16.7. The lowest BCUT2D eigenvalue weighted by Crippen LogP contribution is -2.26. The Morgan fingerprint density at radius 1 is 1.04 bits per heavy atom. The number of fused-ring (bicyclic) bond motifs is 2. The fourth-order valence-electron chi connectivity index (χ4n) is 3.09. The highest BCUT2D eigenvalue weighted by Gasteiger charge is 2.19. The van der Waals surface area contributed by atoms with Gasteiger partial charge in [0.15, 0.2) is 11.5 Å². The number of hydrogen-bond donors (Lipinski definition) is 0. The smallest absolute Gasteiger partial charge is 0.348 e. The number of rotatable bonds is 2. The van der Waals surface area contributed by atoms with Crippen LogP contribution in [0.1, 0.15) is 19.9 Å². The van der Waals surface area contributed by atoms with Crippen molar-refractivity contribution in [3.63, 3.8) is 0 Å². The van der Waals surface area contributed by atoms with Crippen molar-refractivity contribution in [1.82, 2.24) is 9.55 Å². The summed E-state index contributed by atoms with van der Waals surface area (Å²) in [5.74, 6) is 1.37. The van der Waals surface area contributed by atoms with Crippen LogP contribution in [-0.4, -0.2) is 22.8 Å². The molecule has 1 aromatic heterocycles. The molecule has 0 amide bonds. The van der Waals surface area contributed by atoms with Crippen molar-refractivity contribution in [1.29, 1.82) is 0 Å². The molecule has 0 unspecified atom stereocenters. The van der Waals surface area contributed by atoms with Crippen LogP contribution in [0.4, 0.5) is 0 Å². The van der Waals surface area contributed by atoms with Crippen molar-refractivity contribution in [2.75, 3.05) is 13.2 Å². The second kappa shape index (κ2) is 5.67. The third-order valence-corrected chi connectivity index (χ3v) is 4.15. The van der Waals surface area contributed by atoms with Crippen molar-refractivity contribution < 1.29 is 9.47 Å². The molecule has 3 aromatic rings. The molecule has 1 aliphatic rings. The fourth-order valence-corrected chi connectivity index (χ4v) is 3.09. The first-order chi connectivity index (χ1) is 11.6. The summed E-state index contributed by atoms with van der Waals surface area (Å²) in [6.45, 7) is 4.99. The minimum atomic E-state index is -0.256. The highest BCUT2D eigenvalue weighted by Crippen LogP contribution is 2.37. The van der Waals surface area contributed by atoms with Crippen LogP contribution in [0.2, 0.25) is 0 Å². The van der Waals surface area contributed by atoms with E-state index >= 15 is 0 Å². The van der Waals surface area contributed by atoms with Crippen LogP contribution >= 0.6 is 0 Å². The van der Waals surface area contributed by atoms with Gasteiger partial charge in [0, 0.05) is 23.1 Å². The summed E-state index contributed by atoms with van der Waals surface area (Å²) in [6, 6.07) is 13.6. The molecule has 0 fully saturated rings. The van der Waals surface area contributed by atoms with Crippen molar-refractivity contribution in [3.05, 3.63) is 52.9 Å². The zero-order valence-corrected chi connectivity index (χ0v) is 13.7. The number of ether oxygens (including phenoxy) is 2. The van der Waals surface area contributed by atoms with Gasteiger partial charge in [-0.3, -0.25) is 4.57 Å². The summed E-state index contributed by atoms with van der Waals surface area (Å²) < 4.78 is 13.1. The molecular weight excluding hydrogens is 304 g/mol. The van der Waals surface area contributed by atoms with Gasteiger partial charge < -0.3 is 9.47 Å². The first kappa shape index (κ1) is 14.8. The Morgan fingerprint density at radius 3 is 2.38 bits per heavy atom. The van der Waals surface area contributed by atoms with Crippen LogP contribution in [0.5, 0.6) is 11.5 Å². The average Bonchev–Trinajstić information content (AvgIpc) is 2.60. The number of nitrogens with zero attached hydrogens (tertiary/aromatic N) is 2. The molecular formula is C19H18N2O3. The third kappa shape index (κ3) is 2.33. The van der Waals surface area contributed by atoms with Crippen molar-refractivity contribution in [2.24, 2.45) is 0 Å². The van der Waals surface area contributed by atoms with Gasteiger partial charge in [-0.05, 0) is 19.9 Å². The van der Waals surface area contributed by atoms with Crippen molar-refractivity contribution in [2.45, 2.75) is 19.9 Å². The quantitative estimate of drug-likeness (QED) is 0.725. The molecule has 2 aromatic carbocycles. The second-order valence-corrected chi connectivity index (χ2v) is 6.09. The highest BCUT2D eigenvalue weighted by atomic mass is 16.6. The minimum absolute atomic E-state index is 0.000109. The van der Waals surface area contributed by atoms with E-state index in [1.54, 1.807) is 4.57 Å². The van der Waals surface area contributed by atoms with Gasteiger partial charge in [0.1, 0.15) is 13.2 Å². The van der Waals surface area contributed by atoms with Gasteiger partial charge in [0.2, 0.25) is 0 Å². The number of benzene rings is 2. The van der Waals surface area contributed by atoms with E-state index < -0.39 is 0 Å². The highest BCUT2D eigenvalue weighted by molar-refractivity contribution is 5.94. The van der Waals surface area contributed by atoms with Gasteiger partial charge >= 0.3 is 5.69 Å². The summed E-state index contributed by atoms with van der Waals surface area (Å²) in [6.07, 6.45) is 0. The summed E-state index contributed by atoms with van der Waals surface area (Å²) in [5, 5.41) is 0.888. The predicted molar refractivity (Wildman–Crippen MR) is 92.8 cm³/mol. The second-order valence-electron chi connectivity index (χ2n) is 6.09. The standard InChI is InChI=1S/C19H18N2O3/c1-12(2)21-15-11-17-16(23-8-9-24-17)10-14(15)18(20-19(21)22)13-6-4-3-5-7-13/h3-7,10-12H,8-9H2,1-2H3. The molecule has 5 nitrogen and oxygen atoms in total. The van der Waals surface area contributed by atoms with Gasteiger partial charge in [-0.1, -0.05) is 30.3 Å². The van der Waals surface area contributed by atoms with E-state index in [-0.39, 0.29) is 11.7 Å². The van der Waals surface area contributed by atoms with E-state index in [1.807, 2.05) is 56.3 Å². The van der Waals surface area contributed by atoms with E-state index in [4.69, 9.17) is 9.47 Å². The maximum absolute atomic E-state index is 12.6. The molecule has 0 bridgehead atoms. The topological polar surface area (TPSA) is 53.4 Å². The molecule has 1 aliphatic heterocycles. The molecule has 0 radical (unpaired) electrons. The van der Waals surface area contributed by atoms with Gasteiger partial charge in [0.25, 0.3) is 0 Å². The van der Waals surface area contributed by atoms with Crippen LogP contribution in [0.25, 0.3) is 22.2 Å². The summed E-state index contributed by atoms with van der Waals surface area (Å²) >= 11 is 0. The largest absolute Gasteiger partial charge is 0.486 e. The van der Waals surface area contributed by atoms with E-state index in [9.17, 15) is 4.79 Å². The van der Waals surface area contributed by atoms with Crippen LogP contribution in [-0.2, 0) is 0 Å². The zero-order valence-electron chi connectivity index (χ0n) is 13.7. The Kier molecular flexibility index (Phi) is 3.49. The summed E-state index contributed by atoms with van der Waals surface area (Å²) in [5.41, 5.74) is 2.14. The van der Waals surface area contributed by atoms with Crippen molar-refractivity contribution >= 4 is 10.9 Å². The molecule has 4 rings (SSSR count). The maximum Gasteiger partial charge on any atom is 0.348 e. The molecule has 24 heavy (non-hydrogen) atoms. The Hall–Kier alpha value is -2.82. The molecule has 0 spiro atoms. The van der Waals surface area contributed by atoms with Gasteiger partial charge in [0.05, 0.1) is 11.2 Å². The van der Waals surface area contributed by atoms with E-state index in [1.165, 1.54) is 0 Å². The van der Waals surface area contributed by atoms with Gasteiger partial charge in [-0.2, -0.15) is 4.98 Å². The lowest BCUT2D eigenvalue weighted by Gasteiger charge is -2.22. The first-order valence-electron chi connectivity index (χ1n) is 8.06. The van der Waals surface area contributed by atoms with Crippen LogP contribution in [0.3, 0.4) is 0 Å². The van der Waals surface area contributed by atoms with E-state index in [0.29, 0.717) is 30.4 Å². The maximum atomic E-state index is 12.6. The average molecular weight is 322 g/mol. The van der Waals surface area contributed by atoms with Crippen LogP contribution in [0, 0.1) is 0 Å². The molecule has 0 saturated carbocycles. The normalized spacial score (nSPS) is 13.5. The third-order valence-electron chi connectivity index (χ3n) is 4.15. The molecule has 5 heteroatoms.